The highest BCUT2D eigenvalue weighted by Gasteiger charge is 2.15. The maximum atomic E-state index is 11.8. The molecule has 0 atom stereocenters. The Balaban J connectivity index is 1.79. The molecule has 2 N–H and O–H groups in total. The van der Waals surface area contributed by atoms with Gasteiger partial charge in [-0.15, -0.1) is 0 Å². The van der Waals surface area contributed by atoms with Gasteiger partial charge in [-0.3, -0.25) is 4.79 Å². The van der Waals surface area contributed by atoms with Crippen LogP contribution in [0.2, 0.25) is 0 Å². The van der Waals surface area contributed by atoms with Crippen molar-refractivity contribution in [1.29, 1.82) is 0 Å². The number of para-hydroxylation sites is 1. The highest BCUT2D eigenvalue weighted by Crippen LogP contribution is 2.27. The fourth-order valence-electron chi connectivity index (χ4n) is 2.45. The van der Waals surface area contributed by atoms with Gasteiger partial charge >= 0.3 is 0 Å². The summed E-state index contributed by atoms with van der Waals surface area (Å²) < 4.78 is 0. The third-order valence-electron chi connectivity index (χ3n) is 3.46. The molecule has 0 bridgehead atoms. The summed E-state index contributed by atoms with van der Waals surface area (Å²) in [5, 5.41) is 12.4. The molecule has 0 aliphatic heterocycles. The van der Waals surface area contributed by atoms with E-state index in [9.17, 15) is 9.90 Å². The van der Waals surface area contributed by atoms with Crippen molar-refractivity contribution < 1.29 is 9.90 Å². The number of hydrogen-bond acceptors (Lipinski definition) is 2. The Labute approximate surface area is 102 Å². The Morgan fingerprint density at radius 1 is 1.29 bits per heavy atom. The number of rotatable bonds is 4. The molecule has 2 rings (SSSR count). The Bertz CT molecular complexity index is 384. The highest BCUT2D eigenvalue weighted by molar-refractivity contribution is 5.96. The van der Waals surface area contributed by atoms with Crippen LogP contribution in [-0.2, 0) is 0 Å². The van der Waals surface area contributed by atoms with Crippen LogP contribution < -0.4 is 5.32 Å². The van der Waals surface area contributed by atoms with Crippen molar-refractivity contribution in [1.82, 2.24) is 5.32 Å². The maximum absolute atomic E-state index is 11.8. The summed E-state index contributed by atoms with van der Waals surface area (Å²) in [7, 11) is 0. The largest absolute Gasteiger partial charge is 0.507 e. The first-order valence-electron chi connectivity index (χ1n) is 6.33. The summed E-state index contributed by atoms with van der Waals surface area (Å²) in [6.45, 7) is 0.706. The van der Waals surface area contributed by atoms with E-state index in [0.29, 0.717) is 12.1 Å². The molecule has 92 valence electrons. The van der Waals surface area contributed by atoms with Crippen molar-refractivity contribution in [2.45, 2.75) is 32.1 Å². The molecule has 3 nitrogen and oxygen atoms in total. The van der Waals surface area contributed by atoms with Crippen molar-refractivity contribution in [3.05, 3.63) is 29.8 Å². The quantitative estimate of drug-likeness (QED) is 0.840. The number of benzene rings is 1. The molecule has 1 aliphatic carbocycles. The monoisotopic (exact) mass is 233 g/mol. The predicted molar refractivity (Wildman–Crippen MR) is 67.0 cm³/mol. The van der Waals surface area contributed by atoms with Gasteiger partial charge in [0.1, 0.15) is 5.75 Å². The molecule has 17 heavy (non-hydrogen) atoms. The molecule has 1 fully saturated rings. The number of amides is 1. The lowest BCUT2D eigenvalue weighted by molar-refractivity contribution is 0.0949. The van der Waals surface area contributed by atoms with Crippen molar-refractivity contribution in [3.8, 4) is 5.75 Å². The van der Waals surface area contributed by atoms with Gasteiger partial charge in [-0.2, -0.15) is 0 Å². The minimum Gasteiger partial charge on any atom is -0.507 e. The standard InChI is InChI=1S/C14H19NO2/c16-13-8-4-3-7-12(13)14(17)15-10-9-11-5-1-2-6-11/h3-4,7-8,11,16H,1-2,5-6,9-10H2,(H,15,17). The number of aromatic hydroxyl groups is 1. The molecular formula is C14H19NO2. The molecular weight excluding hydrogens is 214 g/mol. The molecule has 0 radical (unpaired) electrons. The minimum absolute atomic E-state index is 0.0471. The summed E-state index contributed by atoms with van der Waals surface area (Å²) in [5.74, 6) is 0.645. The number of carbonyl (C=O) groups is 1. The molecule has 0 unspecified atom stereocenters. The van der Waals surface area contributed by atoms with Crippen LogP contribution in [0.5, 0.6) is 5.75 Å². The van der Waals surface area contributed by atoms with Crippen LogP contribution in [0.1, 0.15) is 42.5 Å². The summed E-state index contributed by atoms with van der Waals surface area (Å²) in [5.41, 5.74) is 0.360. The second-order valence-corrected chi connectivity index (χ2v) is 4.71. The summed E-state index contributed by atoms with van der Waals surface area (Å²) in [6.07, 6.45) is 6.31. The van der Waals surface area contributed by atoms with Crippen LogP contribution >= 0.6 is 0 Å². The van der Waals surface area contributed by atoms with Crippen molar-refractivity contribution in [2.24, 2.45) is 5.92 Å². The summed E-state index contributed by atoms with van der Waals surface area (Å²) in [6, 6.07) is 6.64. The van der Waals surface area contributed by atoms with Crippen LogP contribution in [0.15, 0.2) is 24.3 Å². The van der Waals surface area contributed by atoms with E-state index in [1.54, 1.807) is 18.2 Å². The lowest BCUT2D eigenvalue weighted by Gasteiger charge is -2.10. The second kappa shape index (κ2) is 5.71. The SMILES string of the molecule is O=C(NCCC1CCCC1)c1ccccc1O. The van der Waals surface area contributed by atoms with E-state index >= 15 is 0 Å². The van der Waals surface area contributed by atoms with E-state index in [1.807, 2.05) is 0 Å². The summed E-state index contributed by atoms with van der Waals surface area (Å²) in [4.78, 5) is 11.8. The van der Waals surface area contributed by atoms with Crippen LogP contribution in [0.4, 0.5) is 0 Å². The zero-order valence-corrected chi connectivity index (χ0v) is 9.98. The lowest BCUT2D eigenvalue weighted by Crippen LogP contribution is -2.25. The van der Waals surface area contributed by atoms with Gasteiger partial charge < -0.3 is 10.4 Å². The van der Waals surface area contributed by atoms with Gasteiger partial charge in [0.25, 0.3) is 5.91 Å². The molecule has 0 spiro atoms. The molecule has 1 aromatic carbocycles. The molecule has 1 aliphatic rings. The van der Waals surface area contributed by atoms with E-state index in [-0.39, 0.29) is 11.7 Å². The Hall–Kier alpha value is -1.51. The smallest absolute Gasteiger partial charge is 0.255 e. The number of carbonyl (C=O) groups excluding carboxylic acids is 1. The zero-order valence-electron chi connectivity index (χ0n) is 9.98. The Morgan fingerprint density at radius 2 is 2.00 bits per heavy atom. The molecule has 3 heteroatoms. The van der Waals surface area contributed by atoms with Crippen LogP contribution in [-0.4, -0.2) is 17.6 Å². The molecule has 0 heterocycles. The molecule has 0 saturated heterocycles. The van der Waals surface area contributed by atoms with Gasteiger partial charge in [0.15, 0.2) is 0 Å². The van der Waals surface area contributed by atoms with Crippen molar-refractivity contribution in [3.63, 3.8) is 0 Å². The van der Waals surface area contributed by atoms with E-state index in [0.717, 1.165) is 12.3 Å². The van der Waals surface area contributed by atoms with Gasteiger partial charge in [-0.1, -0.05) is 37.8 Å². The van der Waals surface area contributed by atoms with E-state index in [4.69, 9.17) is 0 Å². The second-order valence-electron chi connectivity index (χ2n) is 4.71. The third kappa shape index (κ3) is 3.22. The van der Waals surface area contributed by atoms with Crippen LogP contribution in [0, 0.1) is 5.92 Å². The summed E-state index contributed by atoms with van der Waals surface area (Å²) >= 11 is 0. The Kier molecular flexibility index (Phi) is 4.02. The zero-order chi connectivity index (χ0) is 12.1. The average Bonchev–Trinajstić information content (AvgIpc) is 2.82. The number of hydrogen-bond donors (Lipinski definition) is 2. The van der Waals surface area contributed by atoms with E-state index in [1.165, 1.54) is 31.7 Å². The van der Waals surface area contributed by atoms with Gasteiger partial charge in [-0.25, -0.2) is 0 Å². The highest BCUT2D eigenvalue weighted by atomic mass is 16.3. The normalized spacial score (nSPS) is 16.0. The van der Waals surface area contributed by atoms with Crippen molar-refractivity contribution >= 4 is 5.91 Å². The third-order valence-corrected chi connectivity index (χ3v) is 3.46. The first-order valence-corrected chi connectivity index (χ1v) is 6.33. The number of phenolic OH excluding ortho intramolecular Hbond substituents is 1. The number of nitrogens with one attached hydrogen (secondary N) is 1. The number of phenols is 1. The van der Waals surface area contributed by atoms with Crippen LogP contribution in [0.3, 0.4) is 0 Å². The first-order chi connectivity index (χ1) is 8.27. The average molecular weight is 233 g/mol. The topological polar surface area (TPSA) is 49.3 Å². The van der Waals surface area contributed by atoms with E-state index < -0.39 is 0 Å². The Morgan fingerprint density at radius 3 is 2.71 bits per heavy atom. The maximum Gasteiger partial charge on any atom is 0.255 e. The van der Waals surface area contributed by atoms with Gasteiger partial charge in [0.2, 0.25) is 0 Å². The van der Waals surface area contributed by atoms with Crippen molar-refractivity contribution in [2.75, 3.05) is 6.54 Å². The van der Waals surface area contributed by atoms with Gasteiger partial charge in [0, 0.05) is 6.54 Å². The first kappa shape index (κ1) is 12.0. The van der Waals surface area contributed by atoms with E-state index in [2.05, 4.69) is 5.32 Å². The fourth-order valence-corrected chi connectivity index (χ4v) is 2.45. The van der Waals surface area contributed by atoms with Gasteiger partial charge in [-0.05, 0) is 24.5 Å². The predicted octanol–water partition coefficient (Wildman–Crippen LogP) is 2.70. The fraction of sp³-hybridized carbons (Fsp3) is 0.500. The van der Waals surface area contributed by atoms with Crippen LogP contribution in [0.25, 0.3) is 0 Å². The molecule has 1 aromatic rings. The minimum atomic E-state index is -0.180. The molecule has 1 amide bonds. The molecule has 1 saturated carbocycles. The lowest BCUT2D eigenvalue weighted by atomic mass is 10.0. The van der Waals surface area contributed by atoms with Gasteiger partial charge in [0.05, 0.1) is 5.56 Å². The molecule has 0 aromatic heterocycles.